The number of aromatic nitrogens is 1. The van der Waals surface area contributed by atoms with E-state index in [1.165, 1.54) is 17.3 Å². The number of aryl methyl sites for hydroxylation is 1. The van der Waals surface area contributed by atoms with Crippen molar-refractivity contribution in [1.29, 1.82) is 5.26 Å². The van der Waals surface area contributed by atoms with Crippen molar-refractivity contribution in [2.75, 3.05) is 6.26 Å². The van der Waals surface area contributed by atoms with Crippen LogP contribution >= 0.6 is 23.3 Å². The molecule has 0 fully saturated rings. The number of aliphatic imine (C=N–C) groups is 1. The average Bonchev–Trinajstić information content (AvgIpc) is 2.78. The van der Waals surface area contributed by atoms with E-state index in [1.54, 1.807) is 11.5 Å². The van der Waals surface area contributed by atoms with E-state index in [0.29, 0.717) is 5.17 Å². The van der Waals surface area contributed by atoms with Gasteiger partial charge in [-0.1, -0.05) is 25.1 Å². The molecular weight excluding hydrogens is 288 g/mol. The Hall–Kier alpha value is -1.06. The van der Waals surface area contributed by atoms with Crippen molar-refractivity contribution in [3.63, 3.8) is 0 Å². The Kier molecular flexibility index (Phi) is 6.50. The second kappa shape index (κ2) is 7.65. The largest absolute Gasteiger partial charge is 0.298 e. The van der Waals surface area contributed by atoms with Gasteiger partial charge in [-0.25, -0.2) is 4.99 Å². The third-order valence-corrected chi connectivity index (χ3v) is 4.64. The summed E-state index contributed by atoms with van der Waals surface area (Å²) in [5.74, 6) is 0. The molecule has 110 valence electrons. The quantitative estimate of drug-likeness (QED) is 0.485. The predicted molar refractivity (Wildman–Crippen MR) is 88.0 cm³/mol. The van der Waals surface area contributed by atoms with Gasteiger partial charge >= 0.3 is 0 Å². The highest BCUT2D eigenvalue weighted by Gasteiger charge is 2.15. The summed E-state index contributed by atoms with van der Waals surface area (Å²) in [6, 6.07) is 0. The summed E-state index contributed by atoms with van der Waals surface area (Å²) >= 11 is 3.03. The number of hydrogen-bond acceptors (Lipinski definition) is 4. The fourth-order valence-corrected chi connectivity index (χ4v) is 2.99. The van der Waals surface area contributed by atoms with Crippen LogP contribution in [0, 0.1) is 11.5 Å². The van der Waals surface area contributed by atoms with Crippen LogP contribution in [0.4, 0.5) is 0 Å². The lowest BCUT2D eigenvalue weighted by atomic mass is 10.1. The van der Waals surface area contributed by atoms with Crippen molar-refractivity contribution in [2.24, 2.45) is 9.98 Å². The molecule has 0 N–H and O–H groups in total. The molecular formula is C14H22N4S2. The fraction of sp³-hybridized carbons (Fsp3) is 0.643. The van der Waals surface area contributed by atoms with Crippen LogP contribution in [0.2, 0.25) is 0 Å². The molecule has 0 atom stereocenters. The monoisotopic (exact) mass is 310 g/mol. The zero-order chi connectivity index (χ0) is 15.2. The van der Waals surface area contributed by atoms with Crippen LogP contribution in [0.3, 0.4) is 0 Å². The van der Waals surface area contributed by atoms with Crippen molar-refractivity contribution in [1.82, 2.24) is 3.96 Å². The van der Waals surface area contributed by atoms with E-state index in [2.05, 4.69) is 47.8 Å². The van der Waals surface area contributed by atoms with Gasteiger partial charge in [0, 0.05) is 17.3 Å². The van der Waals surface area contributed by atoms with E-state index in [4.69, 9.17) is 5.26 Å². The van der Waals surface area contributed by atoms with Crippen molar-refractivity contribution in [3.8, 4) is 6.19 Å². The van der Waals surface area contributed by atoms with E-state index in [9.17, 15) is 0 Å². The van der Waals surface area contributed by atoms with E-state index in [1.807, 2.05) is 12.4 Å². The normalized spacial score (nSPS) is 13.6. The molecule has 0 saturated heterocycles. The smallest absolute Gasteiger partial charge is 0.208 e. The van der Waals surface area contributed by atoms with Crippen LogP contribution in [0.15, 0.2) is 16.2 Å². The first-order valence-corrected chi connectivity index (χ1v) is 8.70. The maximum Gasteiger partial charge on any atom is 0.208 e. The molecule has 0 unspecified atom stereocenters. The van der Waals surface area contributed by atoms with Gasteiger partial charge in [-0.3, -0.25) is 3.96 Å². The van der Waals surface area contributed by atoms with Gasteiger partial charge in [-0.05, 0) is 51.4 Å². The summed E-state index contributed by atoms with van der Waals surface area (Å²) < 4.78 is 3.19. The van der Waals surface area contributed by atoms with Crippen LogP contribution in [0.1, 0.15) is 46.1 Å². The summed E-state index contributed by atoms with van der Waals surface area (Å²) in [5, 5.41) is 9.20. The van der Waals surface area contributed by atoms with Crippen molar-refractivity contribution in [3.05, 3.63) is 16.4 Å². The molecule has 0 aromatic carbocycles. The van der Waals surface area contributed by atoms with Crippen molar-refractivity contribution >= 4 is 28.5 Å². The first-order valence-electron chi connectivity index (χ1n) is 6.70. The number of amidine groups is 1. The minimum atomic E-state index is 0.0469. The summed E-state index contributed by atoms with van der Waals surface area (Å²) in [6.07, 6.45) is 9.20. The van der Waals surface area contributed by atoms with Crippen LogP contribution in [0.25, 0.3) is 0 Å². The van der Waals surface area contributed by atoms with Gasteiger partial charge in [0.2, 0.25) is 6.19 Å². The van der Waals surface area contributed by atoms with Crippen molar-refractivity contribution < 1.29 is 0 Å². The Morgan fingerprint density at radius 2 is 2.20 bits per heavy atom. The molecule has 0 aliphatic rings. The first kappa shape index (κ1) is 17.0. The second-order valence-electron chi connectivity index (χ2n) is 5.46. The minimum absolute atomic E-state index is 0.0469. The summed E-state index contributed by atoms with van der Waals surface area (Å²) in [6.45, 7) is 8.71. The zero-order valence-electron chi connectivity index (χ0n) is 12.8. The van der Waals surface area contributed by atoms with Gasteiger partial charge in [0.25, 0.3) is 0 Å². The molecule has 1 aromatic rings. The lowest BCUT2D eigenvalue weighted by molar-refractivity contribution is 0.427. The highest BCUT2D eigenvalue weighted by Crippen LogP contribution is 2.18. The minimum Gasteiger partial charge on any atom is -0.298 e. The first-order chi connectivity index (χ1) is 9.42. The Bertz CT molecular complexity index is 567. The van der Waals surface area contributed by atoms with Gasteiger partial charge in [0.15, 0.2) is 5.17 Å². The standard InChI is InChI=1S/C14H22N4S2/c1-6-7-8-11-9-18(14(2,3)4)20-12(11)17-13(19-5)16-10-15/h9H,6-8H2,1-5H3/b16-13-,17-12-. The number of rotatable bonds is 3. The summed E-state index contributed by atoms with van der Waals surface area (Å²) in [4.78, 5) is 8.29. The molecule has 1 heterocycles. The Labute approximate surface area is 129 Å². The lowest BCUT2D eigenvalue weighted by Crippen LogP contribution is -2.18. The number of nitrogens with zero attached hydrogens (tertiary/aromatic N) is 4. The van der Waals surface area contributed by atoms with E-state index in [-0.39, 0.29) is 5.54 Å². The Balaban J connectivity index is 3.29. The van der Waals surface area contributed by atoms with Crippen molar-refractivity contribution in [2.45, 2.75) is 52.5 Å². The number of hydrogen-bond donors (Lipinski definition) is 0. The van der Waals surface area contributed by atoms with Gasteiger partial charge in [0.1, 0.15) is 4.67 Å². The van der Waals surface area contributed by atoms with E-state index >= 15 is 0 Å². The molecule has 0 aliphatic heterocycles. The maximum atomic E-state index is 8.68. The SMILES string of the molecule is CCCCc1cn(C(C)(C)C)s/c1=N\C(=N\C#N)SC. The molecule has 0 radical (unpaired) electrons. The molecule has 0 amide bonds. The van der Waals surface area contributed by atoms with Gasteiger partial charge in [-0.15, -0.1) is 4.99 Å². The molecule has 1 rings (SSSR count). The number of unbranched alkanes of at least 4 members (excludes halogenated alkanes) is 1. The van der Waals surface area contributed by atoms with E-state index in [0.717, 1.165) is 23.9 Å². The van der Waals surface area contributed by atoms with E-state index < -0.39 is 0 Å². The number of nitriles is 1. The molecule has 1 aromatic heterocycles. The van der Waals surface area contributed by atoms with Crippen LogP contribution in [-0.4, -0.2) is 15.4 Å². The Morgan fingerprint density at radius 1 is 1.50 bits per heavy atom. The second-order valence-corrected chi connectivity index (χ2v) is 7.20. The van der Waals surface area contributed by atoms with Crippen LogP contribution in [-0.2, 0) is 12.0 Å². The third-order valence-electron chi connectivity index (χ3n) is 2.72. The fourth-order valence-electron chi connectivity index (χ4n) is 1.58. The Morgan fingerprint density at radius 3 is 2.70 bits per heavy atom. The molecule has 0 saturated carbocycles. The maximum absolute atomic E-state index is 8.68. The topological polar surface area (TPSA) is 53.4 Å². The molecule has 0 spiro atoms. The molecule has 4 nitrogen and oxygen atoms in total. The third kappa shape index (κ3) is 4.80. The highest BCUT2D eigenvalue weighted by molar-refractivity contribution is 8.13. The predicted octanol–water partition coefficient (Wildman–Crippen LogP) is 3.75. The molecule has 0 aliphatic carbocycles. The molecule has 20 heavy (non-hydrogen) atoms. The summed E-state index contributed by atoms with van der Waals surface area (Å²) in [5.41, 5.74) is 1.29. The van der Waals surface area contributed by atoms with Crippen LogP contribution in [0.5, 0.6) is 0 Å². The average molecular weight is 310 g/mol. The molecule has 6 heteroatoms. The number of thioether (sulfide) groups is 1. The zero-order valence-corrected chi connectivity index (χ0v) is 14.4. The molecule has 0 bridgehead atoms. The van der Waals surface area contributed by atoms with Crippen LogP contribution < -0.4 is 4.67 Å². The van der Waals surface area contributed by atoms with Gasteiger partial charge in [0.05, 0.1) is 0 Å². The van der Waals surface area contributed by atoms with Gasteiger partial charge in [-0.2, -0.15) is 5.26 Å². The van der Waals surface area contributed by atoms with Gasteiger partial charge < -0.3 is 0 Å². The summed E-state index contributed by atoms with van der Waals surface area (Å²) in [7, 11) is 0. The highest BCUT2D eigenvalue weighted by atomic mass is 32.2. The lowest BCUT2D eigenvalue weighted by Gasteiger charge is -2.19.